The lowest BCUT2D eigenvalue weighted by molar-refractivity contribution is -0.0770. The maximum Gasteiger partial charge on any atom is 0.260 e. The highest BCUT2D eigenvalue weighted by molar-refractivity contribution is 5.97. The SMILES string of the molecule is Cn1cnc2cc(C(=O)N3CCN4[C@@H](COC[C@@H]4c4ccccc4)C3)ccc2c1=O. The quantitative estimate of drug-likeness (QED) is 0.652. The molecule has 1 aromatic heterocycles. The summed E-state index contributed by atoms with van der Waals surface area (Å²) in [6, 6.07) is 16.0. The first kappa shape index (κ1) is 19.0. The molecule has 3 aromatic rings. The molecule has 0 bridgehead atoms. The molecule has 2 saturated heterocycles. The van der Waals surface area contributed by atoms with E-state index in [1.807, 2.05) is 11.0 Å². The summed E-state index contributed by atoms with van der Waals surface area (Å²) in [6.45, 7) is 3.42. The van der Waals surface area contributed by atoms with Crippen LogP contribution in [0.1, 0.15) is 22.0 Å². The van der Waals surface area contributed by atoms with Gasteiger partial charge in [-0.15, -0.1) is 0 Å². The van der Waals surface area contributed by atoms with Gasteiger partial charge in [-0.2, -0.15) is 0 Å². The van der Waals surface area contributed by atoms with E-state index in [0.29, 0.717) is 42.8 Å². The third kappa shape index (κ3) is 3.30. The minimum atomic E-state index is -0.112. The molecule has 2 aliphatic heterocycles. The summed E-state index contributed by atoms with van der Waals surface area (Å²) >= 11 is 0. The summed E-state index contributed by atoms with van der Waals surface area (Å²) in [4.78, 5) is 34.1. The Labute approximate surface area is 174 Å². The molecule has 0 N–H and O–H groups in total. The summed E-state index contributed by atoms with van der Waals surface area (Å²) < 4.78 is 7.33. The molecular formula is C23H24N4O3. The Morgan fingerprint density at radius 1 is 1.10 bits per heavy atom. The van der Waals surface area contributed by atoms with Gasteiger partial charge in [0, 0.05) is 32.2 Å². The van der Waals surface area contributed by atoms with E-state index in [9.17, 15) is 9.59 Å². The number of aryl methyl sites for hydroxylation is 1. The Morgan fingerprint density at radius 3 is 2.77 bits per heavy atom. The van der Waals surface area contributed by atoms with Gasteiger partial charge < -0.3 is 14.2 Å². The van der Waals surface area contributed by atoms with Gasteiger partial charge in [0.05, 0.1) is 42.5 Å². The fourth-order valence-electron chi connectivity index (χ4n) is 4.51. The fourth-order valence-corrected chi connectivity index (χ4v) is 4.51. The van der Waals surface area contributed by atoms with Gasteiger partial charge in [-0.05, 0) is 23.8 Å². The van der Waals surface area contributed by atoms with Crippen LogP contribution in [0.5, 0.6) is 0 Å². The maximum atomic E-state index is 13.2. The lowest BCUT2D eigenvalue weighted by atomic mass is 10.00. The molecule has 0 aliphatic carbocycles. The van der Waals surface area contributed by atoms with Gasteiger partial charge in [-0.1, -0.05) is 30.3 Å². The standard InChI is InChI=1S/C23H24N4O3/c1-25-15-24-20-11-17(7-8-19(20)23(25)29)22(28)26-9-10-27-18(12-26)13-30-14-21(27)16-5-3-2-4-6-16/h2-8,11,15,18,21H,9-10,12-14H2,1H3/t18-,21-/m1/s1. The zero-order valence-corrected chi connectivity index (χ0v) is 16.9. The first-order chi connectivity index (χ1) is 14.6. The van der Waals surface area contributed by atoms with E-state index >= 15 is 0 Å². The average Bonchev–Trinajstić information content (AvgIpc) is 2.80. The summed E-state index contributed by atoms with van der Waals surface area (Å²) in [5.41, 5.74) is 2.25. The molecule has 5 rings (SSSR count). The van der Waals surface area contributed by atoms with Crippen molar-refractivity contribution in [2.45, 2.75) is 12.1 Å². The number of amides is 1. The molecule has 7 nitrogen and oxygen atoms in total. The first-order valence-electron chi connectivity index (χ1n) is 10.2. The third-order valence-corrected chi connectivity index (χ3v) is 6.15. The second kappa shape index (κ2) is 7.66. The number of morpholine rings is 1. The van der Waals surface area contributed by atoms with E-state index in [-0.39, 0.29) is 23.6 Å². The lowest BCUT2D eigenvalue weighted by Crippen LogP contribution is -2.60. The van der Waals surface area contributed by atoms with Crippen LogP contribution in [0.3, 0.4) is 0 Å². The molecule has 2 fully saturated rings. The molecule has 0 unspecified atom stereocenters. The van der Waals surface area contributed by atoms with Gasteiger partial charge in [0.2, 0.25) is 0 Å². The Kier molecular flexibility index (Phi) is 4.84. The van der Waals surface area contributed by atoms with Crippen molar-refractivity contribution in [2.75, 3.05) is 32.8 Å². The van der Waals surface area contributed by atoms with Crippen LogP contribution in [0.4, 0.5) is 0 Å². The van der Waals surface area contributed by atoms with Crippen molar-refractivity contribution in [3.05, 3.63) is 76.3 Å². The molecule has 2 aromatic carbocycles. The average molecular weight is 404 g/mol. The molecule has 2 aliphatic rings. The van der Waals surface area contributed by atoms with Gasteiger partial charge in [-0.25, -0.2) is 4.98 Å². The van der Waals surface area contributed by atoms with Crippen molar-refractivity contribution in [3.8, 4) is 0 Å². The second-order valence-corrected chi connectivity index (χ2v) is 8.00. The highest BCUT2D eigenvalue weighted by Crippen LogP contribution is 2.30. The van der Waals surface area contributed by atoms with Crippen LogP contribution >= 0.6 is 0 Å². The molecule has 3 heterocycles. The van der Waals surface area contributed by atoms with Gasteiger partial charge in [0.1, 0.15) is 0 Å². The second-order valence-electron chi connectivity index (χ2n) is 8.00. The number of ether oxygens (including phenoxy) is 1. The number of benzene rings is 2. The minimum absolute atomic E-state index is 0.0270. The molecular weight excluding hydrogens is 380 g/mol. The summed E-state index contributed by atoms with van der Waals surface area (Å²) in [7, 11) is 1.67. The Hall–Kier alpha value is -3.03. The fraction of sp³-hybridized carbons (Fsp3) is 0.348. The van der Waals surface area contributed by atoms with Crippen molar-refractivity contribution in [2.24, 2.45) is 7.05 Å². The number of carbonyl (C=O) groups excluding carboxylic acids is 1. The van der Waals surface area contributed by atoms with Crippen molar-refractivity contribution in [1.29, 1.82) is 0 Å². The molecule has 30 heavy (non-hydrogen) atoms. The monoisotopic (exact) mass is 404 g/mol. The van der Waals surface area contributed by atoms with Crippen LogP contribution in [-0.2, 0) is 11.8 Å². The van der Waals surface area contributed by atoms with Crippen LogP contribution in [0, 0.1) is 0 Å². The predicted molar refractivity (Wildman–Crippen MR) is 113 cm³/mol. The van der Waals surface area contributed by atoms with Crippen LogP contribution in [0.25, 0.3) is 10.9 Å². The summed E-state index contributed by atoms with van der Waals surface area (Å²) in [5, 5.41) is 0.521. The normalized spacial score (nSPS) is 22.1. The largest absolute Gasteiger partial charge is 0.378 e. The topological polar surface area (TPSA) is 67.7 Å². The van der Waals surface area contributed by atoms with Crippen LogP contribution in [0.2, 0.25) is 0 Å². The highest BCUT2D eigenvalue weighted by Gasteiger charge is 2.37. The van der Waals surface area contributed by atoms with Crippen LogP contribution in [-0.4, -0.2) is 64.1 Å². The van der Waals surface area contributed by atoms with Crippen molar-refractivity contribution in [1.82, 2.24) is 19.4 Å². The van der Waals surface area contributed by atoms with Gasteiger partial charge in [0.15, 0.2) is 0 Å². The predicted octanol–water partition coefficient (Wildman–Crippen LogP) is 1.83. The van der Waals surface area contributed by atoms with E-state index < -0.39 is 0 Å². The van der Waals surface area contributed by atoms with E-state index in [1.165, 1.54) is 16.5 Å². The number of rotatable bonds is 2. The van der Waals surface area contributed by atoms with Crippen LogP contribution in [0.15, 0.2) is 59.7 Å². The van der Waals surface area contributed by atoms with Crippen molar-refractivity contribution in [3.63, 3.8) is 0 Å². The Morgan fingerprint density at radius 2 is 1.93 bits per heavy atom. The molecule has 1 amide bonds. The zero-order valence-electron chi connectivity index (χ0n) is 16.9. The third-order valence-electron chi connectivity index (χ3n) is 6.15. The molecule has 0 radical (unpaired) electrons. The van der Waals surface area contributed by atoms with Crippen molar-refractivity contribution >= 4 is 16.8 Å². The minimum Gasteiger partial charge on any atom is -0.378 e. The molecule has 7 heteroatoms. The number of carbonyl (C=O) groups is 1. The number of fused-ring (bicyclic) bond motifs is 2. The van der Waals surface area contributed by atoms with Crippen LogP contribution < -0.4 is 5.56 Å². The number of hydrogen-bond donors (Lipinski definition) is 0. The van der Waals surface area contributed by atoms with Gasteiger partial charge >= 0.3 is 0 Å². The number of aromatic nitrogens is 2. The first-order valence-corrected chi connectivity index (χ1v) is 10.2. The van der Waals surface area contributed by atoms with Gasteiger partial charge in [0.25, 0.3) is 11.5 Å². The van der Waals surface area contributed by atoms with Gasteiger partial charge in [-0.3, -0.25) is 14.5 Å². The van der Waals surface area contributed by atoms with E-state index in [0.717, 1.165) is 6.54 Å². The molecule has 2 atom stereocenters. The lowest BCUT2D eigenvalue weighted by Gasteiger charge is -2.48. The smallest absolute Gasteiger partial charge is 0.260 e. The van der Waals surface area contributed by atoms with E-state index in [4.69, 9.17) is 4.74 Å². The maximum absolute atomic E-state index is 13.2. The number of nitrogens with zero attached hydrogens (tertiary/aromatic N) is 4. The molecule has 0 spiro atoms. The number of piperazine rings is 1. The zero-order chi connectivity index (χ0) is 20.7. The highest BCUT2D eigenvalue weighted by atomic mass is 16.5. The van der Waals surface area contributed by atoms with E-state index in [2.05, 4.69) is 34.1 Å². The molecule has 154 valence electrons. The van der Waals surface area contributed by atoms with E-state index in [1.54, 1.807) is 25.2 Å². The number of hydrogen-bond acceptors (Lipinski definition) is 5. The summed E-state index contributed by atoms with van der Waals surface area (Å²) in [5.74, 6) is -0.0270. The Bertz CT molecular complexity index is 1140. The van der Waals surface area contributed by atoms with Crippen molar-refractivity contribution < 1.29 is 9.53 Å². The molecule has 0 saturated carbocycles. The Balaban J connectivity index is 1.35. The summed E-state index contributed by atoms with van der Waals surface area (Å²) in [6.07, 6.45) is 1.49.